The van der Waals surface area contributed by atoms with Crippen molar-refractivity contribution in [3.8, 4) is 0 Å². The largest absolute Gasteiger partial charge is 0.413 e. The van der Waals surface area contributed by atoms with Crippen molar-refractivity contribution in [3.05, 3.63) is 35.5 Å². The summed E-state index contributed by atoms with van der Waals surface area (Å²) in [6.07, 6.45) is 12.4. The first-order valence-electron chi connectivity index (χ1n) is 15.1. The molecule has 3 fully saturated rings. The van der Waals surface area contributed by atoms with E-state index in [-0.39, 0.29) is 33.6 Å². The molecule has 1 unspecified atom stereocenters. The molecule has 3 aliphatic rings. The maximum Gasteiger partial charge on any atom is 0.192 e. The Hall–Kier alpha value is -0.756. The molecule has 3 nitrogen and oxygen atoms in total. The second-order valence-electron chi connectivity index (χ2n) is 15.9. The van der Waals surface area contributed by atoms with Crippen molar-refractivity contribution >= 4 is 22.4 Å². The molecule has 0 aromatic carbocycles. The molecule has 0 heterocycles. The van der Waals surface area contributed by atoms with Crippen molar-refractivity contribution in [3.63, 3.8) is 0 Å². The van der Waals surface area contributed by atoms with Gasteiger partial charge in [0.15, 0.2) is 16.6 Å². The van der Waals surface area contributed by atoms with E-state index >= 15 is 0 Å². The zero-order valence-corrected chi connectivity index (χ0v) is 28.8. The van der Waals surface area contributed by atoms with Gasteiger partial charge in [0.1, 0.15) is 5.78 Å². The van der Waals surface area contributed by atoms with Crippen LogP contribution in [0.3, 0.4) is 0 Å². The predicted molar refractivity (Wildman–Crippen MR) is 168 cm³/mol. The van der Waals surface area contributed by atoms with E-state index in [9.17, 15) is 4.79 Å². The number of carbonyl (C=O) groups is 1. The number of hydrogen-bond donors (Lipinski definition) is 0. The fourth-order valence-electron chi connectivity index (χ4n) is 6.67. The number of ketones is 1. The lowest BCUT2D eigenvalue weighted by Crippen LogP contribution is -2.49. The lowest BCUT2D eigenvalue weighted by molar-refractivity contribution is -0.124. The maximum atomic E-state index is 12.4. The molecule has 3 aliphatic carbocycles. The summed E-state index contributed by atoms with van der Waals surface area (Å²) >= 11 is 0. The molecule has 0 bridgehead atoms. The predicted octanol–water partition coefficient (Wildman–Crippen LogP) is 9.78. The van der Waals surface area contributed by atoms with Crippen LogP contribution in [-0.4, -0.2) is 34.6 Å². The van der Waals surface area contributed by atoms with Gasteiger partial charge in [0.05, 0.1) is 12.2 Å². The molecular weight excluding hydrogens is 501 g/mol. The molecule has 0 spiro atoms. The van der Waals surface area contributed by atoms with Crippen molar-refractivity contribution in [2.24, 2.45) is 17.3 Å². The van der Waals surface area contributed by atoms with Crippen LogP contribution in [-0.2, 0) is 13.6 Å². The Kier molecular flexibility index (Phi) is 9.12. The zero-order valence-electron chi connectivity index (χ0n) is 26.8. The summed E-state index contributed by atoms with van der Waals surface area (Å²) in [6.45, 7) is 32.1. The van der Waals surface area contributed by atoms with Crippen LogP contribution >= 0.6 is 0 Å². The first-order valence-corrected chi connectivity index (χ1v) is 21.0. The van der Waals surface area contributed by atoms with Gasteiger partial charge in [-0.2, -0.15) is 0 Å². The van der Waals surface area contributed by atoms with Gasteiger partial charge in [-0.15, -0.1) is 0 Å². The third-order valence-electron chi connectivity index (χ3n) is 11.2. The highest BCUT2D eigenvalue weighted by molar-refractivity contribution is 6.74. The summed E-state index contributed by atoms with van der Waals surface area (Å²) in [4.78, 5) is 12.4. The number of Topliss-reactive ketones (excluding diaryl/α,β-unsaturated/α-hetero) is 1. The minimum absolute atomic E-state index is 0.00857. The van der Waals surface area contributed by atoms with E-state index in [1.54, 1.807) is 6.92 Å². The second-order valence-corrected chi connectivity index (χ2v) is 25.4. The van der Waals surface area contributed by atoms with Gasteiger partial charge in [-0.1, -0.05) is 72.8 Å². The third kappa shape index (κ3) is 6.42. The normalized spacial score (nSPS) is 33.6. The molecule has 3 saturated carbocycles. The Labute approximate surface area is 237 Å². The fraction of sp³-hybridized carbons (Fsp3) is 0.788. The van der Waals surface area contributed by atoms with Gasteiger partial charge in [0.2, 0.25) is 0 Å². The molecule has 0 saturated heterocycles. The quantitative estimate of drug-likeness (QED) is 0.304. The summed E-state index contributed by atoms with van der Waals surface area (Å²) in [5, 5.41) is 0.319. The number of allylic oxidation sites excluding steroid dienone is 3. The smallest absolute Gasteiger partial charge is 0.192 e. The van der Waals surface area contributed by atoms with E-state index in [1.807, 2.05) is 0 Å². The van der Waals surface area contributed by atoms with Gasteiger partial charge in [-0.25, -0.2) is 0 Å². The average molecular weight is 559 g/mol. The van der Waals surface area contributed by atoms with Crippen molar-refractivity contribution in [1.29, 1.82) is 0 Å². The molecule has 0 aliphatic heterocycles. The summed E-state index contributed by atoms with van der Waals surface area (Å²) in [5.74, 6) is 1.13. The molecule has 0 aromatic rings. The summed E-state index contributed by atoms with van der Waals surface area (Å²) in [6, 6.07) is 0. The minimum Gasteiger partial charge on any atom is -0.413 e. The van der Waals surface area contributed by atoms with Gasteiger partial charge in [-0.05, 0) is 104 Å². The van der Waals surface area contributed by atoms with Crippen LogP contribution in [0.4, 0.5) is 0 Å². The van der Waals surface area contributed by atoms with Crippen molar-refractivity contribution < 1.29 is 13.6 Å². The van der Waals surface area contributed by atoms with Crippen molar-refractivity contribution in [2.75, 3.05) is 0 Å². The molecule has 0 amide bonds. The van der Waals surface area contributed by atoms with Crippen LogP contribution in [0.25, 0.3) is 0 Å². The van der Waals surface area contributed by atoms with Gasteiger partial charge in [-0.3, -0.25) is 4.79 Å². The van der Waals surface area contributed by atoms with Crippen molar-refractivity contribution in [2.45, 2.75) is 149 Å². The van der Waals surface area contributed by atoms with E-state index in [2.05, 4.69) is 93.4 Å². The summed E-state index contributed by atoms with van der Waals surface area (Å²) in [7, 11) is -3.89. The third-order valence-corrected chi connectivity index (χ3v) is 20.2. The van der Waals surface area contributed by atoms with Crippen LogP contribution in [0.2, 0.25) is 36.3 Å². The fourth-order valence-corrected chi connectivity index (χ4v) is 9.34. The van der Waals surface area contributed by atoms with E-state index < -0.39 is 16.6 Å². The van der Waals surface area contributed by atoms with Gasteiger partial charge >= 0.3 is 0 Å². The molecule has 216 valence electrons. The monoisotopic (exact) mass is 558 g/mol. The standard InChI is InChI=1S/C33H58O3Si2/c1-23-26(17-16-25-15-14-20-33(9)28(24(2)34)18-19-29(25)33)21-27(35-37(10,11)31(3,4)5)22-30(23)36-38(12,13)32(6,7)8/h16-17,27-30H,1,14-15,18-22H2,2-13H3/t27?,28-,29+,30-,33-/m1/s1. The molecule has 0 radical (unpaired) electrons. The van der Waals surface area contributed by atoms with E-state index in [0.29, 0.717) is 11.7 Å². The van der Waals surface area contributed by atoms with Crippen LogP contribution < -0.4 is 0 Å². The van der Waals surface area contributed by atoms with Crippen LogP contribution in [0.15, 0.2) is 35.5 Å². The lowest BCUT2D eigenvalue weighted by atomic mass is 9.63. The Morgan fingerprint density at radius 2 is 1.55 bits per heavy atom. The Balaban J connectivity index is 1.93. The average Bonchev–Trinajstić information content (AvgIpc) is 3.10. The van der Waals surface area contributed by atoms with Crippen LogP contribution in [0, 0.1) is 17.3 Å². The second kappa shape index (κ2) is 10.9. The first kappa shape index (κ1) is 31.8. The molecular formula is C33H58O3Si2. The molecule has 5 heteroatoms. The van der Waals surface area contributed by atoms with E-state index in [0.717, 1.165) is 37.7 Å². The van der Waals surface area contributed by atoms with Crippen LogP contribution in [0.1, 0.15) is 100 Å². The summed E-state index contributed by atoms with van der Waals surface area (Å²) < 4.78 is 14.0. The minimum atomic E-state index is -1.97. The highest BCUT2D eigenvalue weighted by Crippen LogP contribution is 2.57. The van der Waals surface area contributed by atoms with Gasteiger partial charge < -0.3 is 8.85 Å². The summed E-state index contributed by atoms with van der Waals surface area (Å²) in [5.41, 5.74) is 4.11. The van der Waals surface area contributed by atoms with Crippen molar-refractivity contribution in [1.82, 2.24) is 0 Å². The number of fused-ring (bicyclic) bond motifs is 1. The topological polar surface area (TPSA) is 35.5 Å². The van der Waals surface area contributed by atoms with E-state index in [1.165, 1.54) is 24.0 Å². The number of carbonyl (C=O) groups excluding carboxylic acids is 1. The lowest BCUT2D eigenvalue weighted by Gasteiger charge is -2.45. The molecule has 5 atom stereocenters. The Morgan fingerprint density at radius 3 is 2.11 bits per heavy atom. The highest BCUT2D eigenvalue weighted by atomic mass is 28.4. The Morgan fingerprint density at radius 1 is 0.974 bits per heavy atom. The number of rotatable bonds is 6. The molecule has 0 aromatic heterocycles. The van der Waals surface area contributed by atoms with Gasteiger partial charge in [0, 0.05) is 12.3 Å². The zero-order chi connectivity index (χ0) is 28.9. The number of hydrogen-bond acceptors (Lipinski definition) is 3. The highest BCUT2D eigenvalue weighted by Gasteiger charge is 2.51. The Bertz CT molecular complexity index is 975. The first-order chi connectivity index (χ1) is 17.2. The van der Waals surface area contributed by atoms with Gasteiger partial charge in [0.25, 0.3) is 0 Å². The maximum absolute atomic E-state index is 12.4. The SMILES string of the molecule is C=C1C(=CC=C2CCC[C@]3(C)[C@@H](C(C)=O)CC[C@@H]23)CC(O[Si](C)(C)C(C)(C)C)C[C@H]1O[Si](C)(C)C(C)(C)C. The molecule has 3 rings (SSSR count). The van der Waals surface area contributed by atoms with E-state index in [4.69, 9.17) is 8.85 Å². The molecule has 38 heavy (non-hydrogen) atoms. The van der Waals surface area contributed by atoms with Crippen LogP contribution in [0.5, 0.6) is 0 Å². The molecule has 0 N–H and O–H groups in total.